The van der Waals surface area contributed by atoms with Crippen molar-refractivity contribution in [1.82, 2.24) is 9.55 Å². The Labute approximate surface area is 190 Å². The summed E-state index contributed by atoms with van der Waals surface area (Å²) in [6, 6.07) is 23.4. The van der Waals surface area contributed by atoms with Crippen molar-refractivity contribution < 1.29 is 19.4 Å². The molecule has 0 spiro atoms. The van der Waals surface area contributed by atoms with Crippen LogP contribution in [0.3, 0.4) is 0 Å². The highest BCUT2D eigenvalue weighted by atomic mass is 16.5. The molecule has 7 heteroatoms. The molecule has 1 unspecified atom stereocenters. The Morgan fingerprint density at radius 1 is 0.970 bits per heavy atom. The Morgan fingerprint density at radius 3 is 2.39 bits per heavy atom. The Kier molecular flexibility index (Phi) is 6.69. The van der Waals surface area contributed by atoms with Crippen molar-refractivity contribution in [2.24, 2.45) is 0 Å². The van der Waals surface area contributed by atoms with Crippen molar-refractivity contribution in [2.75, 3.05) is 6.61 Å². The number of rotatable bonds is 9. The standard InChI is InChI=1S/C26H24N2O5/c1-18-27-23-10-6-5-9-22(23)25(29)28(18)15-16-32-20-13-11-19(12-14-20)17-24(26(30)31)33-21-7-3-2-4-8-21/h2-14,24H,15-17H2,1H3,(H,30,31). The Bertz CT molecular complexity index is 1300. The van der Waals surface area contributed by atoms with Crippen molar-refractivity contribution in [3.8, 4) is 11.5 Å². The smallest absolute Gasteiger partial charge is 0.345 e. The maximum absolute atomic E-state index is 12.7. The van der Waals surface area contributed by atoms with Crippen LogP contribution in [-0.2, 0) is 17.8 Å². The number of fused-ring (bicyclic) bond motifs is 1. The first-order valence-corrected chi connectivity index (χ1v) is 10.6. The van der Waals surface area contributed by atoms with Crippen LogP contribution in [0.5, 0.6) is 11.5 Å². The van der Waals surface area contributed by atoms with E-state index in [1.54, 1.807) is 54.0 Å². The molecule has 0 saturated heterocycles. The molecule has 0 radical (unpaired) electrons. The molecule has 1 N–H and O–H groups in total. The van der Waals surface area contributed by atoms with Gasteiger partial charge in [-0.3, -0.25) is 9.36 Å². The van der Waals surface area contributed by atoms with Crippen LogP contribution in [0.15, 0.2) is 83.7 Å². The van der Waals surface area contributed by atoms with E-state index in [-0.39, 0.29) is 12.0 Å². The van der Waals surface area contributed by atoms with Crippen molar-refractivity contribution in [3.63, 3.8) is 0 Å². The Hall–Kier alpha value is -4.13. The molecule has 0 aliphatic rings. The molecule has 1 aromatic heterocycles. The van der Waals surface area contributed by atoms with E-state index in [0.717, 1.165) is 5.56 Å². The van der Waals surface area contributed by atoms with Gasteiger partial charge < -0.3 is 14.6 Å². The number of aryl methyl sites for hydroxylation is 1. The molecule has 4 rings (SSSR count). The van der Waals surface area contributed by atoms with Crippen LogP contribution in [0.2, 0.25) is 0 Å². The molecule has 0 saturated carbocycles. The third-order valence-electron chi connectivity index (χ3n) is 5.28. The minimum absolute atomic E-state index is 0.0878. The van der Waals surface area contributed by atoms with Gasteiger partial charge in [0.2, 0.25) is 0 Å². The topological polar surface area (TPSA) is 90.7 Å². The summed E-state index contributed by atoms with van der Waals surface area (Å²) < 4.78 is 13.0. The van der Waals surface area contributed by atoms with Gasteiger partial charge in [0.25, 0.3) is 5.56 Å². The lowest BCUT2D eigenvalue weighted by molar-refractivity contribution is -0.145. The van der Waals surface area contributed by atoms with Crippen LogP contribution in [0.1, 0.15) is 11.4 Å². The van der Waals surface area contributed by atoms with Gasteiger partial charge in [0.1, 0.15) is 23.9 Å². The number of nitrogens with zero attached hydrogens (tertiary/aromatic N) is 2. The lowest BCUT2D eigenvalue weighted by atomic mass is 10.1. The van der Waals surface area contributed by atoms with Crippen LogP contribution in [0.25, 0.3) is 10.9 Å². The molecule has 33 heavy (non-hydrogen) atoms. The number of ether oxygens (including phenoxy) is 2. The zero-order valence-corrected chi connectivity index (χ0v) is 18.2. The van der Waals surface area contributed by atoms with Gasteiger partial charge in [0.05, 0.1) is 17.4 Å². The summed E-state index contributed by atoms with van der Waals surface area (Å²) >= 11 is 0. The number of carboxylic acids is 1. The molecular weight excluding hydrogens is 420 g/mol. The second-order valence-corrected chi connectivity index (χ2v) is 7.59. The van der Waals surface area contributed by atoms with Crippen molar-refractivity contribution in [1.29, 1.82) is 0 Å². The first-order valence-electron chi connectivity index (χ1n) is 10.6. The maximum Gasteiger partial charge on any atom is 0.345 e. The highest BCUT2D eigenvalue weighted by molar-refractivity contribution is 5.77. The molecular formula is C26H24N2O5. The second-order valence-electron chi connectivity index (χ2n) is 7.59. The van der Waals surface area contributed by atoms with E-state index in [1.165, 1.54) is 0 Å². The summed E-state index contributed by atoms with van der Waals surface area (Å²) in [6.45, 7) is 2.48. The van der Waals surface area contributed by atoms with Crippen molar-refractivity contribution in [3.05, 3.63) is 101 Å². The molecule has 0 amide bonds. The predicted molar refractivity (Wildman–Crippen MR) is 125 cm³/mol. The normalized spacial score (nSPS) is 11.8. The quantitative estimate of drug-likeness (QED) is 0.422. The number of carboxylic acid groups (broad SMARTS) is 1. The number of aromatic nitrogens is 2. The Morgan fingerprint density at radius 2 is 1.67 bits per heavy atom. The fourth-order valence-corrected chi connectivity index (χ4v) is 3.58. The lowest BCUT2D eigenvalue weighted by Crippen LogP contribution is -2.29. The molecule has 7 nitrogen and oxygen atoms in total. The summed E-state index contributed by atoms with van der Waals surface area (Å²) in [7, 11) is 0. The third kappa shape index (κ3) is 5.38. The van der Waals surface area contributed by atoms with Gasteiger partial charge in [-0.1, -0.05) is 42.5 Å². The first kappa shape index (κ1) is 22.1. The summed E-state index contributed by atoms with van der Waals surface area (Å²) in [5.74, 6) is 0.757. The van der Waals surface area contributed by atoms with Crippen LogP contribution in [0, 0.1) is 6.92 Å². The largest absolute Gasteiger partial charge is 0.492 e. The molecule has 0 bridgehead atoms. The first-order chi connectivity index (χ1) is 16.0. The van der Waals surface area contributed by atoms with Crippen molar-refractivity contribution >= 4 is 16.9 Å². The molecule has 4 aromatic rings. The second kappa shape index (κ2) is 9.99. The lowest BCUT2D eigenvalue weighted by Gasteiger charge is -2.15. The highest BCUT2D eigenvalue weighted by Crippen LogP contribution is 2.17. The number of aliphatic carboxylic acids is 1. The average molecular weight is 444 g/mol. The van der Waals surface area contributed by atoms with Crippen LogP contribution < -0.4 is 15.0 Å². The van der Waals surface area contributed by atoms with E-state index in [0.29, 0.717) is 41.4 Å². The molecule has 1 heterocycles. The van der Waals surface area contributed by atoms with Gasteiger partial charge in [-0.2, -0.15) is 0 Å². The minimum atomic E-state index is -1.02. The zero-order chi connectivity index (χ0) is 23.2. The molecule has 3 aromatic carbocycles. The predicted octanol–water partition coefficient (Wildman–Crippen LogP) is 3.86. The van der Waals surface area contributed by atoms with Crippen LogP contribution in [0.4, 0.5) is 0 Å². The van der Waals surface area contributed by atoms with Gasteiger partial charge in [0, 0.05) is 6.42 Å². The summed E-state index contributed by atoms with van der Waals surface area (Å²) in [6.07, 6.45) is -0.767. The zero-order valence-electron chi connectivity index (χ0n) is 18.2. The fourth-order valence-electron chi connectivity index (χ4n) is 3.58. The van der Waals surface area contributed by atoms with Gasteiger partial charge in [-0.15, -0.1) is 0 Å². The summed E-state index contributed by atoms with van der Waals surface area (Å²) in [5.41, 5.74) is 1.41. The number of hydrogen-bond acceptors (Lipinski definition) is 5. The SMILES string of the molecule is Cc1nc2ccccc2c(=O)n1CCOc1ccc(CC(Oc2ccccc2)C(=O)O)cc1. The van der Waals surface area contributed by atoms with E-state index in [9.17, 15) is 14.7 Å². The van der Waals surface area contributed by atoms with Gasteiger partial charge >= 0.3 is 5.97 Å². The van der Waals surface area contributed by atoms with Gasteiger partial charge in [-0.25, -0.2) is 9.78 Å². The third-order valence-corrected chi connectivity index (χ3v) is 5.28. The number of benzene rings is 3. The van der Waals surface area contributed by atoms with Gasteiger partial charge in [0.15, 0.2) is 6.10 Å². The van der Waals surface area contributed by atoms with E-state index >= 15 is 0 Å². The fraction of sp³-hybridized carbons (Fsp3) is 0.192. The molecule has 1 atom stereocenters. The van der Waals surface area contributed by atoms with E-state index in [4.69, 9.17) is 9.47 Å². The monoisotopic (exact) mass is 444 g/mol. The molecule has 168 valence electrons. The molecule has 0 aliphatic heterocycles. The van der Waals surface area contributed by atoms with Crippen molar-refractivity contribution in [2.45, 2.75) is 26.0 Å². The number of para-hydroxylation sites is 2. The summed E-state index contributed by atoms with van der Waals surface area (Å²) in [4.78, 5) is 28.8. The highest BCUT2D eigenvalue weighted by Gasteiger charge is 2.20. The van der Waals surface area contributed by atoms with E-state index in [2.05, 4.69) is 4.98 Å². The minimum Gasteiger partial charge on any atom is -0.492 e. The molecule has 0 aliphatic carbocycles. The average Bonchev–Trinajstić information content (AvgIpc) is 2.82. The Balaban J connectivity index is 1.37. The summed E-state index contributed by atoms with van der Waals surface area (Å²) in [5, 5.41) is 10.1. The van der Waals surface area contributed by atoms with Crippen LogP contribution in [-0.4, -0.2) is 33.3 Å². The van der Waals surface area contributed by atoms with E-state index in [1.807, 2.05) is 36.4 Å². The van der Waals surface area contributed by atoms with Gasteiger partial charge in [-0.05, 0) is 48.9 Å². The maximum atomic E-state index is 12.7. The van der Waals surface area contributed by atoms with E-state index < -0.39 is 12.1 Å². The molecule has 0 fully saturated rings. The number of carbonyl (C=O) groups is 1. The number of hydrogen-bond donors (Lipinski definition) is 1. The van der Waals surface area contributed by atoms with Crippen LogP contribution >= 0.6 is 0 Å².